The fourth-order valence-electron chi connectivity index (χ4n) is 7.42. The zero-order valence-corrected chi connectivity index (χ0v) is 31.9. The molecule has 0 amide bonds. The predicted octanol–water partition coefficient (Wildman–Crippen LogP) is 8.75. The van der Waals surface area contributed by atoms with E-state index in [9.17, 15) is 0 Å². The first-order chi connectivity index (χ1) is 25.4. The summed E-state index contributed by atoms with van der Waals surface area (Å²) in [4.78, 5) is 0. The summed E-state index contributed by atoms with van der Waals surface area (Å²) >= 11 is 0. The van der Waals surface area contributed by atoms with Gasteiger partial charge in [-0.15, -0.1) is 0 Å². The molecular weight excluding hydrogens is 678 g/mol. The Bertz CT molecular complexity index is 2060. The monoisotopic (exact) mass is 722 g/mol. The average Bonchev–Trinajstić information content (AvgIpc) is 3.42. The molecule has 262 valence electrons. The average molecular weight is 723 g/mol. The van der Waals surface area contributed by atoms with Crippen LogP contribution in [0.15, 0.2) is 146 Å². The van der Waals surface area contributed by atoms with Gasteiger partial charge in [0, 0.05) is 24.0 Å². The van der Waals surface area contributed by atoms with Crippen LogP contribution in [0, 0.1) is 0 Å². The molecule has 0 spiro atoms. The topological polar surface area (TPSA) is 36.9 Å². The van der Waals surface area contributed by atoms with Crippen molar-refractivity contribution in [3.63, 3.8) is 0 Å². The highest BCUT2D eigenvalue weighted by Gasteiger charge is 2.37. The van der Waals surface area contributed by atoms with Crippen molar-refractivity contribution < 1.29 is 18.9 Å². The fourth-order valence-corrected chi connectivity index (χ4v) is 12.3. The van der Waals surface area contributed by atoms with Crippen molar-refractivity contribution in [3.05, 3.63) is 146 Å². The van der Waals surface area contributed by atoms with Gasteiger partial charge in [0.05, 0.1) is 18.8 Å². The molecule has 2 unspecified atom stereocenters. The van der Waals surface area contributed by atoms with Gasteiger partial charge in [-0.1, -0.05) is 121 Å². The normalized spacial score (nSPS) is 17.7. The van der Waals surface area contributed by atoms with Crippen molar-refractivity contribution >= 4 is 47.7 Å². The Balaban J connectivity index is 1.52. The van der Waals surface area contributed by atoms with Gasteiger partial charge in [0.2, 0.25) is 0 Å². The molecule has 2 atom stereocenters. The van der Waals surface area contributed by atoms with Crippen LogP contribution in [0.1, 0.15) is 40.5 Å². The molecule has 0 aromatic heterocycles. The highest BCUT2D eigenvalue weighted by Crippen LogP contribution is 2.53. The van der Waals surface area contributed by atoms with E-state index in [0.29, 0.717) is 6.61 Å². The highest BCUT2D eigenvalue weighted by molar-refractivity contribution is 7.80. The first kappa shape index (κ1) is 34.5. The Labute approximate surface area is 310 Å². The van der Waals surface area contributed by atoms with Gasteiger partial charge in [-0.25, -0.2) is 0 Å². The summed E-state index contributed by atoms with van der Waals surface area (Å²) < 4.78 is 27.6. The molecule has 8 rings (SSSR count). The molecule has 0 N–H and O–H groups in total. The number of hydrogen-bond acceptors (Lipinski definition) is 4. The van der Waals surface area contributed by atoms with Crippen LogP contribution in [0.3, 0.4) is 0 Å². The molecule has 0 aliphatic carbocycles. The molecule has 0 fully saturated rings. The van der Waals surface area contributed by atoms with Crippen LogP contribution in [-0.4, -0.2) is 24.4 Å². The maximum absolute atomic E-state index is 7.13. The molecule has 4 nitrogen and oxygen atoms in total. The molecule has 2 heterocycles. The molecular formula is C46H44O4P2. The summed E-state index contributed by atoms with van der Waals surface area (Å²) in [5.74, 6) is 3.04. The number of benzene rings is 6. The standard InChI is InChI=1S/C46H44O4P2/c1-32-29-30-47-38-25-27-40(51(34-17-9-5-10-18-34)35-19-11-6-12-20-35)42(44(38)48-32)43-41(28-26-39-45(43)49-33(2)31-46(3,4)50-39)52(36-21-13-7-14-22-36)37-23-15-8-16-24-37/h5-28,32-33H,29-31H2,1-4H3. The van der Waals surface area contributed by atoms with E-state index in [-0.39, 0.29) is 12.2 Å². The molecule has 52 heavy (non-hydrogen) atoms. The van der Waals surface area contributed by atoms with E-state index in [0.717, 1.165) is 47.0 Å². The Hall–Kier alpha value is -4.62. The highest BCUT2D eigenvalue weighted by atomic mass is 31.1. The first-order valence-electron chi connectivity index (χ1n) is 18.2. The molecule has 2 aliphatic heterocycles. The lowest BCUT2D eigenvalue weighted by atomic mass is 10.0. The van der Waals surface area contributed by atoms with E-state index in [2.05, 4.69) is 173 Å². The third-order valence-electron chi connectivity index (χ3n) is 9.57. The molecule has 6 aromatic rings. The molecule has 0 bridgehead atoms. The van der Waals surface area contributed by atoms with Gasteiger partial charge in [-0.2, -0.15) is 0 Å². The van der Waals surface area contributed by atoms with Gasteiger partial charge in [-0.3, -0.25) is 0 Å². The number of hydrogen-bond donors (Lipinski definition) is 0. The van der Waals surface area contributed by atoms with E-state index in [1.54, 1.807) is 0 Å². The lowest BCUT2D eigenvalue weighted by Crippen LogP contribution is -2.31. The Morgan fingerprint density at radius 3 is 1.37 bits per heavy atom. The second-order valence-corrected chi connectivity index (χ2v) is 18.5. The Morgan fingerprint density at radius 1 is 0.500 bits per heavy atom. The zero-order chi connectivity index (χ0) is 35.7. The third-order valence-corrected chi connectivity index (χ3v) is 14.5. The van der Waals surface area contributed by atoms with Crippen LogP contribution in [0.5, 0.6) is 23.0 Å². The summed E-state index contributed by atoms with van der Waals surface area (Å²) in [7, 11) is -2.09. The minimum atomic E-state index is -1.05. The SMILES string of the molecule is CC1CCOc2ccc(P(c3ccccc3)c3ccccc3)c(-c3c(P(c4ccccc4)c4ccccc4)ccc4c3OC(C)CC(C)(C)O4)c2O1. The van der Waals surface area contributed by atoms with E-state index >= 15 is 0 Å². The Morgan fingerprint density at radius 2 is 0.904 bits per heavy atom. The maximum Gasteiger partial charge on any atom is 0.170 e. The molecule has 6 heteroatoms. The van der Waals surface area contributed by atoms with Crippen LogP contribution in [-0.2, 0) is 0 Å². The lowest BCUT2D eigenvalue weighted by Gasteiger charge is -2.30. The largest absolute Gasteiger partial charge is 0.490 e. The molecule has 0 saturated heterocycles. The molecule has 6 aromatic carbocycles. The summed E-state index contributed by atoms with van der Waals surface area (Å²) in [6.45, 7) is 9.19. The number of ether oxygens (including phenoxy) is 4. The van der Waals surface area contributed by atoms with Crippen LogP contribution < -0.4 is 50.8 Å². The summed E-state index contributed by atoms with van der Waals surface area (Å²) in [6, 6.07) is 52.4. The van der Waals surface area contributed by atoms with Gasteiger partial charge in [0.15, 0.2) is 23.0 Å². The number of fused-ring (bicyclic) bond motifs is 2. The van der Waals surface area contributed by atoms with Gasteiger partial charge >= 0.3 is 0 Å². The van der Waals surface area contributed by atoms with Crippen molar-refractivity contribution in [1.29, 1.82) is 0 Å². The van der Waals surface area contributed by atoms with E-state index in [1.807, 2.05) is 0 Å². The first-order valence-corrected chi connectivity index (χ1v) is 20.8. The molecule has 2 aliphatic rings. The summed E-state index contributed by atoms with van der Waals surface area (Å²) in [5, 5.41) is 7.42. The van der Waals surface area contributed by atoms with Crippen molar-refractivity contribution in [1.82, 2.24) is 0 Å². The minimum absolute atomic E-state index is 0.0412. The van der Waals surface area contributed by atoms with Gasteiger partial charge in [0.1, 0.15) is 5.60 Å². The van der Waals surface area contributed by atoms with E-state index < -0.39 is 21.4 Å². The maximum atomic E-state index is 7.13. The quantitative estimate of drug-likeness (QED) is 0.155. The Kier molecular flexibility index (Phi) is 9.80. The van der Waals surface area contributed by atoms with Gasteiger partial charge in [-0.05, 0) is 99.6 Å². The zero-order valence-electron chi connectivity index (χ0n) is 30.2. The molecule has 0 saturated carbocycles. The van der Waals surface area contributed by atoms with Crippen LogP contribution in [0.25, 0.3) is 11.1 Å². The van der Waals surface area contributed by atoms with Crippen LogP contribution in [0.4, 0.5) is 0 Å². The van der Waals surface area contributed by atoms with Crippen LogP contribution >= 0.6 is 15.8 Å². The number of rotatable bonds is 7. The third kappa shape index (κ3) is 6.95. The molecule has 0 radical (unpaired) electrons. The van der Waals surface area contributed by atoms with Crippen molar-refractivity contribution in [2.45, 2.75) is 58.3 Å². The second kappa shape index (κ2) is 14.8. The fraction of sp³-hybridized carbons (Fsp3) is 0.217. The predicted molar refractivity (Wildman–Crippen MR) is 219 cm³/mol. The van der Waals surface area contributed by atoms with E-state index in [4.69, 9.17) is 18.9 Å². The van der Waals surface area contributed by atoms with Crippen molar-refractivity contribution in [2.75, 3.05) is 6.61 Å². The smallest absolute Gasteiger partial charge is 0.170 e. The summed E-state index contributed by atoms with van der Waals surface area (Å²) in [5.41, 5.74) is 1.62. The van der Waals surface area contributed by atoms with Gasteiger partial charge < -0.3 is 18.9 Å². The minimum Gasteiger partial charge on any atom is -0.490 e. The second-order valence-electron chi connectivity index (χ2n) is 14.1. The van der Waals surface area contributed by atoms with Crippen LogP contribution in [0.2, 0.25) is 0 Å². The lowest BCUT2D eigenvalue weighted by molar-refractivity contribution is 0.0811. The summed E-state index contributed by atoms with van der Waals surface area (Å²) in [6.07, 6.45) is 1.41. The van der Waals surface area contributed by atoms with Gasteiger partial charge in [0.25, 0.3) is 0 Å². The van der Waals surface area contributed by atoms with Crippen molar-refractivity contribution in [3.8, 4) is 34.1 Å². The van der Waals surface area contributed by atoms with E-state index in [1.165, 1.54) is 31.8 Å². The van der Waals surface area contributed by atoms with Crippen molar-refractivity contribution in [2.24, 2.45) is 0 Å².